The summed E-state index contributed by atoms with van der Waals surface area (Å²) in [4.78, 5) is 12.5. The summed E-state index contributed by atoms with van der Waals surface area (Å²) in [6.45, 7) is 1.05. The van der Waals surface area contributed by atoms with Crippen molar-refractivity contribution >= 4 is 32.8 Å². The molecule has 2 aromatic carbocycles. The highest BCUT2D eigenvalue weighted by atomic mass is 79.9. The molecule has 0 fully saturated rings. The van der Waals surface area contributed by atoms with Gasteiger partial charge in [0.05, 0.1) is 13.2 Å². The van der Waals surface area contributed by atoms with E-state index in [-0.39, 0.29) is 11.7 Å². The molecule has 1 N–H and O–H groups in total. The van der Waals surface area contributed by atoms with Crippen LogP contribution >= 0.6 is 15.9 Å². The number of benzene rings is 2. The molecule has 3 aromatic rings. The van der Waals surface area contributed by atoms with E-state index in [0.717, 1.165) is 21.2 Å². The number of methoxy groups -OCH3 is 1. The zero-order chi connectivity index (χ0) is 17.6. The van der Waals surface area contributed by atoms with Gasteiger partial charge >= 0.3 is 0 Å². The van der Waals surface area contributed by atoms with Gasteiger partial charge in [0.1, 0.15) is 17.9 Å². The monoisotopic (exact) mass is 403 g/mol. The third kappa shape index (κ3) is 4.21. The zero-order valence-corrected chi connectivity index (χ0v) is 15.3. The molecule has 0 aliphatic heterocycles. The molecule has 6 heteroatoms. The van der Waals surface area contributed by atoms with Crippen LogP contribution in [-0.2, 0) is 11.3 Å². The number of carbonyl (C=O) groups is 1. The first-order valence-corrected chi connectivity index (χ1v) is 8.64. The first-order valence-electron chi connectivity index (χ1n) is 7.85. The number of rotatable bonds is 7. The van der Waals surface area contributed by atoms with Gasteiger partial charge in [-0.05, 0) is 24.3 Å². The number of halogens is 1. The maximum atomic E-state index is 12.5. The van der Waals surface area contributed by atoms with E-state index in [1.807, 2.05) is 48.5 Å². The lowest BCUT2D eigenvalue weighted by Crippen LogP contribution is -2.28. The van der Waals surface area contributed by atoms with E-state index in [9.17, 15) is 4.79 Å². The lowest BCUT2D eigenvalue weighted by molar-refractivity contribution is 0.0915. The van der Waals surface area contributed by atoms with Gasteiger partial charge in [-0.15, -0.1) is 0 Å². The number of furan rings is 1. The first kappa shape index (κ1) is 17.5. The number of nitrogens with one attached hydrogen (secondary N) is 1. The largest absolute Gasteiger partial charge is 0.492 e. The number of ether oxygens (including phenoxy) is 2. The van der Waals surface area contributed by atoms with E-state index in [2.05, 4.69) is 21.2 Å². The van der Waals surface area contributed by atoms with Crippen molar-refractivity contribution in [2.24, 2.45) is 0 Å². The Morgan fingerprint density at radius 3 is 2.84 bits per heavy atom. The second kappa shape index (κ2) is 8.18. The van der Waals surface area contributed by atoms with Gasteiger partial charge in [-0.1, -0.05) is 40.2 Å². The fourth-order valence-corrected chi connectivity index (χ4v) is 2.92. The van der Waals surface area contributed by atoms with Crippen LogP contribution in [0.3, 0.4) is 0 Å². The summed E-state index contributed by atoms with van der Waals surface area (Å²) in [7, 11) is 1.59. The molecule has 3 rings (SSSR count). The Hall–Kier alpha value is -2.31. The van der Waals surface area contributed by atoms with Gasteiger partial charge in [-0.3, -0.25) is 4.79 Å². The molecule has 0 unspecified atom stereocenters. The van der Waals surface area contributed by atoms with Crippen molar-refractivity contribution in [2.75, 3.05) is 20.3 Å². The van der Waals surface area contributed by atoms with Crippen molar-refractivity contribution in [1.82, 2.24) is 5.32 Å². The quantitative estimate of drug-likeness (QED) is 0.601. The number of carbonyl (C=O) groups excluding carboxylic acids is 1. The minimum atomic E-state index is -0.277. The molecule has 5 nitrogen and oxygen atoms in total. The third-order valence-corrected chi connectivity index (χ3v) is 4.14. The van der Waals surface area contributed by atoms with Gasteiger partial charge in [0.15, 0.2) is 5.76 Å². The van der Waals surface area contributed by atoms with Gasteiger partial charge in [-0.2, -0.15) is 0 Å². The Bertz CT molecular complexity index is 875. The predicted octanol–water partition coefficient (Wildman–Crippen LogP) is 4.15. The molecule has 1 heterocycles. The Kier molecular flexibility index (Phi) is 5.73. The third-order valence-electron chi connectivity index (χ3n) is 3.65. The normalized spacial score (nSPS) is 10.8. The van der Waals surface area contributed by atoms with Crippen LogP contribution in [0.4, 0.5) is 0 Å². The Labute approximate surface area is 154 Å². The molecule has 0 saturated heterocycles. The standard InChI is InChI=1S/C19H18BrNO4/c1-23-12-16-15-7-2-3-8-17(15)25-18(16)19(22)21-9-10-24-14-6-4-5-13(20)11-14/h2-8,11H,9-10,12H2,1H3,(H,21,22). The summed E-state index contributed by atoms with van der Waals surface area (Å²) in [5.41, 5.74) is 1.42. The van der Waals surface area contributed by atoms with Gasteiger partial charge < -0.3 is 19.2 Å². The average Bonchev–Trinajstić information content (AvgIpc) is 2.98. The summed E-state index contributed by atoms with van der Waals surface area (Å²) in [6, 6.07) is 15.1. The lowest BCUT2D eigenvalue weighted by atomic mass is 10.1. The van der Waals surface area contributed by atoms with E-state index in [1.54, 1.807) is 7.11 Å². The van der Waals surface area contributed by atoms with Crippen molar-refractivity contribution in [3.63, 3.8) is 0 Å². The van der Waals surface area contributed by atoms with Gasteiger partial charge in [-0.25, -0.2) is 0 Å². The molecule has 130 valence electrons. The van der Waals surface area contributed by atoms with Gasteiger partial charge in [0, 0.05) is 22.5 Å². The topological polar surface area (TPSA) is 60.7 Å². The first-order chi connectivity index (χ1) is 12.2. The van der Waals surface area contributed by atoms with Crippen LogP contribution in [0.15, 0.2) is 57.4 Å². The van der Waals surface area contributed by atoms with Crippen LogP contribution in [-0.4, -0.2) is 26.2 Å². The molecule has 0 spiro atoms. The van der Waals surface area contributed by atoms with Crippen molar-refractivity contribution in [3.05, 3.63) is 64.3 Å². The minimum absolute atomic E-state index is 0.277. The molecule has 1 amide bonds. The zero-order valence-electron chi connectivity index (χ0n) is 13.8. The van der Waals surface area contributed by atoms with Crippen molar-refractivity contribution in [2.45, 2.75) is 6.61 Å². The molecule has 0 bridgehead atoms. The molecular formula is C19H18BrNO4. The van der Waals surface area contributed by atoms with Crippen LogP contribution in [0.1, 0.15) is 16.1 Å². The lowest BCUT2D eigenvalue weighted by Gasteiger charge is -2.08. The van der Waals surface area contributed by atoms with Crippen LogP contribution in [0.2, 0.25) is 0 Å². The van der Waals surface area contributed by atoms with E-state index < -0.39 is 0 Å². The van der Waals surface area contributed by atoms with Gasteiger partial charge in [0.2, 0.25) is 0 Å². The Balaban J connectivity index is 1.63. The summed E-state index contributed by atoms with van der Waals surface area (Å²) in [5.74, 6) is 0.749. The molecule has 1 aromatic heterocycles. The highest BCUT2D eigenvalue weighted by molar-refractivity contribution is 9.10. The number of hydrogen-bond acceptors (Lipinski definition) is 4. The summed E-state index contributed by atoms with van der Waals surface area (Å²) in [6.07, 6.45) is 0. The molecule has 25 heavy (non-hydrogen) atoms. The van der Waals surface area contributed by atoms with Gasteiger partial charge in [0.25, 0.3) is 5.91 Å². The molecule has 0 atom stereocenters. The van der Waals surface area contributed by atoms with E-state index in [0.29, 0.717) is 25.3 Å². The van der Waals surface area contributed by atoms with Crippen molar-refractivity contribution in [1.29, 1.82) is 0 Å². The van der Waals surface area contributed by atoms with Crippen LogP contribution in [0.25, 0.3) is 11.0 Å². The molecule has 0 radical (unpaired) electrons. The van der Waals surface area contributed by atoms with Crippen LogP contribution < -0.4 is 10.1 Å². The van der Waals surface area contributed by atoms with E-state index >= 15 is 0 Å². The maximum absolute atomic E-state index is 12.5. The molecule has 0 saturated carbocycles. The van der Waals surface area contributed by atoms with Crippen LogP contribution in [0, 0.1) is 0 Å². The summed E-state index contributed by atoms with van der Waals surface area (Å²) < 4.78 is 17.5. The molecule has 0 aliphatic carbocycles. The maximum Gasteiger partial charge on any atom is 0.287 e. The van der Waals surface area contributed by atoms with Crippen LogP contribution in [0.5, 0.6) is 5.75 Å². The fraction of sp³-hybridized carbons (Fsp3) is 0.211. The summed E-state index contributed by atoms with van der Waals surface area (Å²) in [5, 5.41) is 3.71. The number of hydrogen-bond donors (Lipinski definition) is 1. The van der Waals surface area contributed by atoms with Crippen molar-refractivity contribution in [3.8, 4) is 5.75 Å². The Morgan fingerprint density at radius 2 is 2.04 bits per heavy atom. The fourth-order valence-electron chi connectivity index (χ4n) is 2.54. The molecule has 0 aliphatic rings. The second-order valence-electron chi connectivity index (χ2n) is 5.40. The van der Waals surface area contributed by atoms with Crippen molar-refractivity contribution < 1.29 is 18.7 Å². The number of para-hydroxylation sites is 1. The summed E-state index contributed by atoms with van der Waals surface area (Å²) >= 11 is 3.39. The SMILES string of the molecule is COCc1c(C(=O)NCCOc2cccc(Br)c2)oc2ccccc12. The highest BCUT2D eigenvalue weighted by Crippen LogP contribution is 2.26. The molecular weight excluding hydrogens is 386 g/mol. The Morgan fingerprint density at radius 1 is 1.20 bits per heavy atom. The number of fused-ring (bicyclic) bond motifs is 1. The van der Waals surface area contributed by atoms with E-state index in [4.69, 9.17) is 13.9 Å². The smallest absolute Gasteiger partial charge is 0.287 e. The number of amides is 1. The van der Waals surface area contributed by atoms with E-state index in [1.165, 1.54) is 0 Å². The predicted molar refractivity (Wildman–Crippen MR) is 98.9 cm³/mol. The average molecular weight is 404 g/mol. The highest BCUT2D eigenvalue weighted by Gasteiger charge is 2.19. The second-order valence-corrected chi connectivity index (χ2v) is 6.32. The minimum Gasteiger partial charge on any atom is -0.492 e.